The van der Waals surface area contributed by atoms with Gasteiger partial charge in [-0.15, -0.1) is 0 Å². The van der Waals surface area contributed by atoms with E-state index in [1.165, 1.54) is 25.1 Å². The van der Waals surface area contributed by atoms with Gasteiger partial charge in [-0.2, -0.15) is 0 Å². The molecule has 0 aromatic heterocycles. The number of nitrogens with zero attached hydrogens (tertiary/aromatic N) is 3. The van der Waals surface area contributed by atoms with Gasteiger partial charge in [0.1, 0.15) is 18.1 Å². The molecule has 2 aromatic rings. The summed E-state index contributed by atoms with van der Waals surface area (Å²) in [6.45, 7) is 7.97. The van der Waals surface area contributed by atoms with Crippen LogP contribution in [0.15, 0.2) is 48.5 Å². The van der Waals surface area contributed by atoms with E-state index in [1.807, 2.05) is 29.2 Å². The highest BCUT2D eigenvalue weighted by molar-refractivity contribution is 5.95. The molecule has 3 heterocycles. The molecule has 0 aliphatic carbocycles. The average molecular weight is 494 g/mol. The summed E-state index contributed by atoms with van der Waals surface area (Å²) in [5, 5.41) is 0. The zero-order valence-corrected chi connectivity index (χ0v) is 21.7. The Hall–Kier alpha value is -2.77. The molecule has 194 valence electrons. The van der Waals surface area contributed by atoms with E-state index in [2.05, 4.69) is 41.0 Å². The first kappa shape index (κ1) is 24.9. The van der Waals surface area contributed by atoms with Crippen molar-refractivity contribution in [2.75, 3.05) is 62.8 Å². The molecule has 36 heavy (non-hydrogen) atoms. The highest BCUT2D eigenvalue weighted by Crippen LogP contribution is 2.35. The standard InChI is InChI=1S/C29H39N3O4/c1-23-5-3-16-30(23)17-4-20-35-27-12-6-24(7-13-27)31-18-14-29(15-19-31)22-32(28(33)21-36-29)25-8-10-26(34-2)11-9-25/h6-13,23H,3-5,14-22H2,1-2H3/t23-/m1/s1. The van der Waals surface area contributed by atoms with Crippen LogP contribution in [0.5, 0.6) is 11.5 Å². The van der Waals surface area contributed by atoms with Gasteiger partial charge in [0.25, 0.3) is 5.91 Å². The van der Waals surface area contributed by atoms with E-state index in [4.69, 9.17) is 14.2 Å². The lowest BCUT2D eigenvalue weighted by atomic mass is 9.88. The first-order valence-electron chi connectivity index (χ1n) is 13.4. The van der Waals surface area contributed by atoms with Gasteiger partial charge in [0.15, 0.2) is 0 Å². The number of anilines is 2. The molecule has 2 aromatic carbocycles. The van der Waals surface area contributed by atoms with Crippen LogP contribution in [0.1, 0.15) is 39.0 Å². The number of hydrogen-bond acceptors (Lipinski definition) is 6. The summed E-state index contributed by atoms with van der Waals surface area (Å²) in [5.41, 5.74) is 1.82. The van der Waals surface area contributed by atoms with Crippen LogP contribution in [0.4, 0.5) is 11.4 Å². The van der Waals surface area contributed by atoms with Crippen molar-refractivity contribution in [2.45, 2.75) is 50.7 Å². The van der Waals surface area contributed by atoms with Gasteiger partial charge in [-0.3, -0.25) is 4.79 Å². The quantitative estimate of drug-likeness (QED) is 0.510. The minimum absolute atomic E-state index is 0.0127. The topological polar surface area (TPSA) is 54.5 Å². The predicted molar refractivity (Wildman–Crippen MR) is 142 cm³/mol. The number of likely N-dealkylation sites (tertiary alicyclic amines) is 1. The van der Waals surface area contributed by atoms with Crippen molar-refractivity contribution in [3.8, 4) is 11.5 Å². The number of carbonyl (C=O) groups is 1. The second-order valence-electron chi connectivity index (χ2n) is 10.4. The highest BCUT2D eigenvalue weighted by atomic mass is 16.5. The van der Waals surface area contributed by atoms with Crippen LogP contribution in [0.3, 0.4) is 0 Å². The Kier molecular flexibility index (Phi) is 7.67. The lowest BCUT2D eigenvalue weighted by molar-refractivity contribution is -0.141. The van der Waals surface area contributed by atoms with Crippen LogP contribution in [0, 0.1) is 0 Å². The summed E-state index contributed by atoms with van der Waals surface area (Å²) in [6.07, 6.45) is 5.49. The van der Waals surface area contributed by atoms with Crippen LogP contribution in [0.2, 0.25) is 0 Å². The number of benzene rings is 2. The molecule has 7 heteroatoms. The molecule has 0 radical (unpaired) electrons. The highest BCUT2D eigenvalue weighted by Gasteiger charge is 2.42. The third-order valence-electron chi connectivity index (χ3n) is 8.06. The predicted octanol–water partition coefficient (Wildman–Crippen LogP) is 4.35. The zero-order valence-electron chi connectivity index (χ0n) is 21.7. The van der Waals surface area contributed by atoms with E-state index in [-0.39, 0.29) is 18.1 Å². The smallest absolute Gasteiger partial charge is 0.253 e. The van der Waals surface area contributed by atoms with Crippen LogP contribution in [-0.4, -0.2) is 75.5 Å². The van der Waals surface area contributed by atoms with Gasteiger partial charge < -0.3 is 28.9 Å². The monoisotopic (exact) mass is 493 g/mol. The van der Waals surface area contributed by atoms with E-state index in [9.17, 15) is 4.79 Å². The van der Waals surface area contributed by atoms with Crippen molar-refractivity contribution in [3.63, 3.8) is 0 Å². The SMILES string of the molecule is COc1ccc(N2CC3(CCN(c4ccc(OCCCN5CCC[C@H]5C)cc4)CC3)OCC2=O)cc1. The Balaban J connectivity index is 1.11. The van der Waals surface area contributed by atoms with Gasteiger partial charge in [0, 0.05) is 37.1 Å². The first-order chi connectivity index (χ1) is 17.5. The van der Waals surface area contributed by atoms with E-state index in [0.29, 0.717) is 6.54 Å². The fourth-order valence-electron chi connectivity index (χ4n) is 5.72. The molecule has 1 amide bonds. The summed E-state index contributed by atoms with van der Waals surface area (Å²) in [6, 6.07) is 16.9. The van der Waals surface area contributed by atoms with Crippen molar-refractivity contribution in [2.24, 2.45) is 0 Å². The van der Waals surface area contributed by atoms with Crippen molar-refractivity contribution in [1.29, 1.82) is 0 Å². The lowest BCUT2D eigenvalue weighted by Gasteiger charge is -2.47. The van der Waals surface area contributed by atoms with Crippen molar-refractivity contribution < 1.29 is 19.0 Å². The second-order valence-corrected chi connectivity index (χ2v) is 10.4. The van der Waals surface area contributed by atoms with E-state index < -0.39 is 0 Å². The Bertz CT molecular complexity index is 1000. The maximum absolute atomic E-state index is 12.6. The third kappa shape index (κ3) is 5.62. The maximum Gasteiger partial charge on any atom is 0.253 e. The minimum Gasteiger partial charge on any atom is -0.497 e. The summed E-state index contributed by atoms with van der Waals surface area (Å²) in [5.74, 6) is 1.74. The lowest BCUT2D eigenvalue weighted by Crippen LogP contribution is -2.59. The Morgan fingerprint density at radius 3 is 2.33 bits per heavy atom. The second kappa shape index (κ2) is 11.1. The first-order valence-corrected chi connectivity index (χ1v) is 13.4. The molecule has 0 bridgehead atoms. The molecule has 3 fully saturated rings. The molecule has 1 spiro atoms. The van der Waals surface area contributed by atoms with Gasteiger partial charge in [-0.25, -0.2) is 0 Å². The number of rotatable bonds is 8. The van der Waals surface area contributed by atoms with Crippen molar-refractivity contribution >= 4 is 17.3 Å². The van der Waals surface area contributed by atoms with Gasteiger partial charge in [0.2, 0.25) is 0 Å². The normalized spacial score (nSPS) is 22.3. The summed E-state index contributed by atoms with van der Waals surface area (Å²) < 4.78 is 17.4. The van der Waals surface area contributed by atoms with E-state index in [1.54, 1.807) is 7.11 Å². The zero-order chi connectivity index (χ0) is 25.0. The Labute approximate surface area is 214 Å². The van der Waals surface area contributed by atoms with Gasteiger partial charge >= 0.3 is 0 Å². The Morgan fingerprint density at radius 2 is 1.67 bits per heavy atom. The molecule has 0 N–H and O–H groups in total. The number of carbonyl (C=O) groups excluding carboxylic acids is 1. The van der Waals surface area contributed by atoms with Crippen LogP contribution >= 0.6 is 0 Å². The van der Waals surface area contributed by atoms with Crippen LogP contribution in [0.25, 0.3) is 0 Å². The maximum atomic E-state index is 12.6. The molecule has 3 saturated heterocycles. The van der Waals surface area contributed by atoms with Gasteiger partial charge in [0.05, 0.1) is 25.9 Å². The minimum atomic E-state index is -0.291. The van der Waals surface area contributed by atoms with Crippen LogP contribution in [-0.2, 0) is 9.53 Å². The van der Waals surface area contributed by atoms with Gasteiger partial charge in [-0.05, 0) is 94.1 Å². The van der Waals surface area contributed by atoms with Crippen molar-refractivity contribution in [3.05, 3.63) is 48.5 Å². The average Bonchev–Trinajstić information content (AvgIpc) is 3.33. The molecule has 0 unspecified atom stereocenters. The fourth-order valence-corrected chi connectivity index (χ4v) is 5.72. The van der Waals surface area contributed by atoms with E-state index >= 15 is 0 Å². The third-order valence-corrected chi connectivity index (χ3v) is 8.06. The summed E-state index contributed by atoms with van der Waals surface area (Å²) in [7, 11) is 1.65. The molecule has 3 aliphatic heterocycles. The fraction of sp³-hybridized carbons (Fsp3) is 0.552. The summed E-state index contributed by atoms with van der Waals surface area (Å²) >= 11 is 0. The van der Waals surface area contributed by atoms with E-state index in [0.717, 1.165) is 68.7 Å². The molecular weight excluding hydrogens is 454 g/mol. The largest absolute Gasteiger partial charge is 0.497 e. The molecular formula is C29H39N3O4. The number of ether oxygens (including phenoxy) is 3. The number of piperidine rings is 1. The molecule has 0 saturated carbocycles. The number of amides is 1. The Morgan fingerprint density at radius 1 is 0.972 bits per heavy atom. The number of methoxy groups -OCH3 is 1. The van der Waals surface area contributed by atoms with Crippen molar-refractivity contribution in [1.82, 2.24) is 4.90 Å². The number of hydrogen-bond donors (Lipinski definition) is 0. The molecule has 3 aliphatic rings. The summed E-state index contributed by atoms with van der Waals surface area (Å²) in [4.78, 5) is 19.5. The van der Waals surface area contributed by atoms with Crippen LogP contribution < -0.4 is 19.3 Å². The number of morpholine rings is 1. The molecule has 1 atom stereocenters. The molecule has 7 nitrogen and oxygen atoms in total. The van der Waals surface area contributed by atoms with Gasteiger partial charge in [-0.1, -0.05) is 0 Å². The molecule has 5 rings (SSSR count).